The van der Waals surface area contributed by atoms with Crippen LogP contribution in [-0.4, -0.2) is 11.6 Å². The van der Waals surface area contributed by atoms with E-state index in [2.05, 4.69) is 0 Å². The smallest absolute Gasteiger partial charge is 0.274 e. The van der Waals surface area contributed by atoms with Gasteiger partial charge in [0.15, 0.2) is 0 Å². The average molecular weight is 219 g/mol. The Hall–Kier alpha value is -1.20. The zero-order chi connectivity index (χ0) is 10.7. The van der Waals surface area contributed by atoms with E-state index in [-0.39, 0.29) is 11.3 Å². The molecule has 1 rings (SSSR count). The van der Waals surface area contributed by atoms with E-state index in [9.17, 15) is 14.5 Å². The van der Waals surface area contributed by atoms with Crippen molar-refractivity contribution in [3.05, 3.63) is 38.9 Å². The Kier molecular flexibility index (Phi) is 3.38. The molecule has 0 saturated heterocycles. The van der Waals surface area contributed by atoms with Gasteiger partial charge >= 0.3 is 0 Å². The van der Waals surface area contributed by atoms with Crippen molar-refractivity contribution in [3.8, 4) is 0 Å². The van der Waals surface area contributed by atoms with Crippen LogP contribution in [0.25, 0.3) is 0 Å². The van der Waals surface area contributed by atoms with Gasteiger partial charge in [-0.05, 0) is 12.1 Å². The summed E-state index contributed by atoms with van der Waals surface area (Å²) in [5.74, 6) is 0. The number of nitro benzene ring substituents is 1. The monoisotopic (exact) mass is 218 g/mol. The number of nitrogens with two attached hydrogens (primary N) is 1. The van der Waals surface area contributed by atoms with Crippen molar-refractivity contribution in [2.75, 3.05) is 6.67 Å². The van der Waals surface area contributed by atoms with E-state index in [4.69, 9.17) is 17.3 Å². The Labute approximate surface area is 84.6 Å². The van der Waals surface area contributed by atoms with Crippen molar-refractivity contribution in [2.45, 2.75) is 6.04 Å². The van der Waals surface area contributed by atoms with E-state index in [1.165, 1.54) is 18.2 Å². The molecule has 1 aromatic carbocycles. The lowest BCUT2D eigenvalue weighted by atomic mass is 10.1. The zero-order valence-electron chi connectivity index (χ0n) is 7.11. The Balaban J connectivity index is 3.22. The van der Waals surface area contributed by atoms with Gasteiger partial charge in [-0.1, -0.05) is 11.6 Å². The van der Waals surface area contributed by atoms with Crippen LogP contribution in [0.5, 0.6) is 0 Å². The van der Waals surface area contributed by atoms with Crippen LogP contribution in [0.2, 0.25) is 5.02 Å². The van der Waals surface area contributed by atoms with E-state index in [0.717, 1.165) is 0 Å². The molecule has 0 saturated carbocycles. The van der Waals surface area contributed by atoms with Crippen molar-refractivity contribution < 1.29 is 9.31 Å². The van der Waals surface area contributed by atoms with Gasteiger partial charge in [-0.25, -0.2) is 4.39 Å². The van der Waals surface area contributed by atoms with Gasteiger partial charge in [-0.2, -0.15) is 0 Å². The number of alkyl halides is 1. The van der Waals surface area contributed by atoms with Crippen LogP contribution in [0.3, 0.4) is 0 Å². The molecule has 1 aromatic rings. The lowest BCUT2D eigenvalue weighted by Crippen LogP contribution is -2.14. The van der Waals surface area contributed by atoms with Crippen molar-refractivity contribution in [1.29, 1.82) is 0 Å². The first-order valence-corrected chi connectivity index (χ1v) is 4.19. The SMILES string of the molecule is N[C@@H](CF)c1cc(Cl)ccc1[N+](=O)[O-]. The lowest BCUT2D eigenvalue weighted by molar-refractivity contribution is -0.385. The normalized spacial score (nSPS) is 12.5. The molecule has 76 valence electrons. The zero-order valence-corrected chi connectivity index (χ0v) is 7.87. The summed E-state index contributed by atoms with van der Waals surface area (Å²) in [7, 11) is 0. The summed E-state index contributed by atoms with van der Waals surface area (Å²) in [6, 6.07) is 2.89. The second-order valence-corrected chi connectivity index (χ2v) is 3.16. The highest BCUT2D eigenvalue weighted by molar-refractivity contribution is 6.30. The van der Waals surface area contributed by atoms with Gasteiger partial charge in [0.1, 0.15) is 6.67 Å². The molecule has 0 amide bonds. The highest BCUT2D eigenvalue weighted by Crippen LogP contribution is 2.27. The molecule has 0 radical (unpaired) electrons. The molecule has 0 aromatic heterocycles. The highest BCUT2D eigenvalue weighted by atomic mass is 35.5. The molecule has 0 aliphatic heterocycles. The topological polar surface area (TPSA) is 69.2 Å². The van der Waals surface area contributed by atoms with Gasteiger partial charge in [0, 0.05) is 11.1 Å². The molecule has 4 nitrogen and oxygen atoms in total. The number of hydrogen-bond acceptors (Lipinski definition) is 3. The van der Waals surface area contributed by atoms with Crippen LogP contribution < -0.4 is 5.73 Å². The summed E-state index contributed by atoms with van der Waals surface area (Å²) in [5, 5.41) is 10.8. The number of hydrogen-bond donors (Lipinski definition) is 1. The second-order valence-electron chi connectivity index (χ2n) is 2.72. The lowest BCUT2D eigenvalue weighted by Gasteiger charge is -2.07. The first-order valence-electron chi connectivity index (χ1n) is 3.81. The number of nitrogens with zero attached hydrogens (tertiary/aromatic N) is 1. The maximum atomic E-state index is 12.3. The van der Waals surface area contributed by atoms with E-state index in [0.29, 0.717) is 5.02 Å². The summed E-state index contributed by atoms with van der Waals surface area (Å²) in [6.45, 7) is -0.860. The van der Waals surface area contributed by atoms with Crippen molar-refractivity contribution in [2.24, 2.45) is 5.73 Å². The molecule has 0 fully saturated rings. The first-order chi connectivity index (χ1) is 6.56. The number of rotatable bonds is 3. The fourth-order valence-electron chi connectivity index (χ4n) is 1.07. The van der Waals surface area contributed by atoms with Crippen molar-refractivity contribution in [1.82, 2.24) is 0 Å². The van der Waals surface area contributed by atoms with Crippen LogP contribution in [-0.2, 0) is 0 Å². The minimum atomic E-state index is -1.01. The standard InChI is InChI=1S/C8H8ClFN2O2/c9-5-1-2-8(12(13)14)6(3-5)7(11)4-10/h1-3,7H,4,11H2/t7-/m0/s1. The maximum Gasteiger partial charge on any atom is 0.274 e. The van der Waals surface area contributed by atoms with Gasteiger partial charge < -0.3 is 5.73 Å². The first kappa shape index (κ1) is 10.9. The summed E-state index contributed by atoms with van der Waals surface area (Å²) in [6.07, 6.45) is 0. The van der Waals surface area contributed by atoms with E-state index in [1.54, 1.807) is 0 Å². The van der Waals surface area contributed by atoms with E-state index in [1.807, 2.05) is 0 Å². The molecule has 0 aliphatic carbocycles. The molecule has 0 bridgehead atoms. The third-order valence-electron chi connectivity index (χ3n) is 1.75. The van der Waals surface area contributed by atoms with Crippen LogP contribution in [0, 0.1) is 10.1 Å². The fourth-order valence-corrected chi connectivity index (χ4v) is 1.25. The van der Waals surface area contributed by atoms with E-state index < -0.39 is 17.6 Å². The van der Waals surface area contributed by atoms with Gasteiger partial charge in [0.25, 0.3) is 5.69 Å². The predicted molar refractivity (Wildman–Crippen MR) is 51.0 cm³/mol. The molecular weight excluding hydrogens is 211 g/mol. The van der Waals surface area contributed by atoms with Crippen LogP contribution >= 0.6 is 11.6 Å². The van der Waals surface area contributed by atoms with Gasteiger partial charge in [-0.15, -0.1) is 0 Å². The molecule has 1 atom stereocenters. The number of benzene rings is 1. The Morgan fingerprint density at radius 3 is 2.79 bits per heavy atom. The minimum absolute atomic E-state index is 0.116. The summed E-state index contributed by atoms with van der Waals surface area (Å²) in [4.78, 5) is 9.93. The summed E-state index contributed by atoms with van der Waals surface area (Å²) in [5.41, 5.74) is 5.27. The Morgan fingerprint density at radius 1 is 1.64 bits per heavy atom. The molecule has 6 heteroatoms. The largest absolute Gasteiger partial charge is 0.322 e. The van der Waals surface area contributed by atoms with E-state index >= 15 is 0 Å². The second kappa shape index (κ2) is 4.34. The molecule has 0 heterocycles. The third-order valence-corrected chi connectivity index (χ3v) is 1.99. The average Bonchev–Trinajstić information content (AvgIpc) is 2.16. The predicted octanol–water partition coefficient (Wildman–Crippen LogP) is 2.22. The third kappa shape index (κ3) is 2.18. The summed E-state index contributed by atoms with van der Waals surface area (Å²) < 4.78 is 12.3. The fraction of sp³-hybridized carbons (Fsp3) is 0.250. The minimum Gasteiger partial charge on any atom is -0.322 e. The molecule has 0 unspecified atom stereocenters. The van der Waals surface area contributed by atoms with Gasteiger partial charge in [0.2, 0.25) is 0 Å². The van der Waals surface area contributed by atoms with Crippen molar-refractivity contribution >= 4 is 17.3 Å². The van der Waals surface area contributed by atoms with Crippen LogP contribution in [0.4, 0.5) is 10.1 Å². The highest BCUT2D eigenvalue weighted by Gasteiger charge is 2.19. The Bertz CT molecular complexity index is 359. The quantitative estimate of drug-likeness (QED) is 0.625. The van der Waals surface area contributed by atoms with Crippen LogP contribution in [0.1, 0.15) is 11.6 Å². The molecule has 0 aliphatic rings. The molecule has 2 N–H and O–H groups in total. The molecule has 0 spiro atoms. The number of halogens is 2. The van der Waals surface area contributed by atoms with Crippen LogP contribution in [0.15, 0.2) is 18.2 Å². The molecule has 14 heavy (non-hydrogen) atoms. The van der Waals surface area contributed by atoms with Gasteiger partial charge in [0.05, 0.1) is 16.5 Å². The Morgan fingerprint density at radius 2 is 2.29 bits per heavy atom. The summed E-state index contributed by atoms with van der Waals surface area (Å²) >= 11 is 5.62. The number of nitro groups is 1. The maximum absolute atomic E-state index is 12.3. The molecular formula is C8H8ClFN2O2. The van der Waals surface area contributed by atoms with Gasteiger partial charge in [-0.3, -0.25) is 10.1 Å². The van der Waals surface area contributed by atoms with Crippen molar-refractivity contribution in [3.63, 3.8) is 0 Å².